The fraction of sp³-hybridized carbons (Fsp3) is 0.600. The highest BCUT2D eigenvalue weighted by molar-refractivity contribution is 4.82. The molecule has 0 saturated heterocycles. The number of ether oxygens (including phenoxy) is 1. The molecule has 1 aromatic heterocycles. The Morgan fingerprint density at radius 2 is 2.20 bits per heavy atom. The SMILES string of the molecule is CC(C)COCCn1c(=O)cc[nH]c1=O. The first kappa shape index (κ1) is 11.7. The summed E-state index contributed by atoms with van der Waals surface area (Å²) in [6, 6.07) is 1.32. The van der Waals surface area contributed by atoms with E-state index >= 15 is 0 Å². The molecule has 5 nitrogen and oxygen atoms in total. The third-order valence-corrected chi connectivity index (χ3v) is 1.85. The number of rotatable bonds is 5. The van der Waals surface area contributed by atoms with E-state index in [0.717, 1.165) is 4.57 Å². The highest BCUT2D eigenvalue weighted by atomic mass is 16.5. The zero-order valence-electron chi connectivity index (χ0n) is 9.03. The molecule has 0 bridgehead atoms. The van der Waals surface area contributed by atoms with Gasteiger partial charge >= 0.3 is 5.69 Å². The van der Waals surface area contributed by atoms with Crippen molar-refractivity contribution >= 4 is 0 Å². The van der Waals surface area contributed by atoms with Gasteiger partial charge in [0.05, 0.1) is 13.2 Å². The number of H-pyrrole nitrogens is 1. The summed E-state index contributed by atoms with van der Waals surface area (Å²) in [4.78, 5) is 24.9. The van der Waals surface area contributed by atoms with Crippen molar-refractivity contribution in [3.05, 3.63) is 33.1 Å². The smallest absolute Gasteiger partial charge is 0.328 e. The molecular weight excluding hydrogens is 196 g/mol. The molecule has 0 aromatic carbocycles. The van der Waals surface area contributed by atoms with Gasteiger partial charge in [0.2, 0.25) is 0 Å². The van der Waals surface area contributed by atoms with E-state index in [1.807, 2.05) is 13.8 Å². The summed E-state index contributed by atoms with van der Waals surface area (Å²) in [7, 11) is 0. The maximum Gasteiger partial charge on any atom is 0.328 e. The van der Waals surface area contributed by atoms with E-state index in [9.17, 15) is 9.59 Å². The van der Waals surface area contributed by atoms with E-state index in [-0.39, 0.29) is 5.56 Å². The molecule has 0 fully saturated rings. The quantitative estimate of drug-likeness (QED) is 0.709. The molecule has 0 saturated carbocycles. The lowest BCUT2D eigenvalue weighted by atomic mass is 10.2. The van der Waals surface area contributed by atoms with Crippen LogP contribution in [0.2, 0.25) is 0 Å². The minimum atomic E-state index is -0.393. The van der Waals surface area contributed by atoms with Crippen LogP contribution in [0.15, 0.2) is 21.9 Å². The van der Waals surface area contributed by atoms with Gasteiger partial charge in [0.25, 0.3) is 5.56 Å². The van der Waals surface area contributed by atoms with Crippen molar-refractivity contribution in [2.45, 2.75) is 20.4 Å². The van der Waals surface area contributed by atoms with Crippen molar-refractivity contribution in [3.63, 3.8) is 0 Å². The highest BCUT2D eigenvalue weighted by Gasteiger charge is 2.00. The van der Waals surface area contributed by atoms with Crippen LogP contribution in [-0.4, -0.2) is 22.8 Å². The Hall–Kier alpha value is -1.36. The van der Waals surface area contributed by atoms with Gasteiger partial charge in [0.15, 0.2) is 0 Å². The summed E-state index contributed by atoms with van der Waals surface area (Å²) in [5, 5.41) is 0. The van der Waals surface area contributed by atoms with Crippen molar-refractivity contribution < 1.29 is 4.74 Å². The molecule has 0 aliphatic carbocycles. The van der Waals surface area contributed by atoms with Gasteiger partial charge in [-0.05, 0) is 5.92 Å². The maximum atomic E-state index is 11.3. The molecule has 1 aromatic rings. The Morgan fingerprint density at radius 3 is 2.80 bits per heavy atom. The first-order valence-corrected chi connectivity index (χ1v) is 4.97. The molecular formula is C10H16N2O3. The predicted molar refractivity (Wildman–Crippen MR) is 57.0 cm³/mol. The Bertz CT molecular complexity index is 377. The van der Waals surface area contributed by atoms with Crippen LogP contribution in [0.5, 0.6) is 0 Å². The second-order valence-corrected chi connectivity index (χ2v) is 3.74. The molecule has 0 atom stereocenters. The Morgan fingerprint density at radius 1 is 1.47 bits per heavy atom. The summed E-state index contributed by atoms with van der Waals surface area (Å²) in [6.07, 6.45) is 1.34. The number of nitrogens with one attached hydrogen (secondary N) is 1. The molecule has 1 rings (SSSR count). The van der Waals surface area contributed by atoms with Crippen LogP contribution in [0.4, 0.5) is 0 Å². The van der Waals surface area contributed by atoms with Gasteiger partial charge in [0.1, 0.15) is 0 Å². The molecule has 1 N–H and O–H groups in total. The summed E-state index contributed by atoms with van der Waals surface area (Å²) in [5.74, 6) is 0.454. The van der Waals surface area contributed by atoms with Gasteiger partial charge in [-0.1, -0.05) is 13.8 Å². The molecule has 0 amide bonds. The molecule has 1 heterocycles. The van der Waals surface area contributed by atoms with Gasteiger partial charge in [0, 0.05) is 18.9 Å². The van der Waals surface area contributed by atoms with Crippen LogP contribution < -0.4 is 11.2 Å². The average Bonchev–Trinajstić information content (AvgIpc) is 2.15. The highest BCUT2D eigenvalue weighted by Crippen LogP contribution is 1.91. The van der Waals surface area contributed by atoms with E-state index in [2.05, 4.69) is 4.98 Å². The number of nitrogens with zero attached hydrogens (tertiary/aromatic N) is 1. The van der Waals surface area contributed by atoms with Gasteiger partial charge in [-0.2, -0.15) is 0 Å². The lowest BCUT2D eigenvalue weighted by molar-refractivity contribution is 0.102. The van der Waals surface area contributed by atoms with Gasteiger partial charge in [-0.3, -0.25) is 9.36 Å². The lowest BCUT2D eigenvalue weighted by Crippen LogP contribution is -2.35. The Labute approximate surface area is 87.7 Å². The molecule has 0 radical (unpaired) electrons. The fourth-order valence-electron chi connectivity index (χ4n) is 1.14. The Kier molecular flexibility index (Phi) is 4.30. The third-order valence-electron chi connectivity index (χ3n) is 1.85. The number of aromatic nitrogens is 2. The van der Waals surface area contributed by atoms with E-state index in [4.69, 9.17) is 4.74 Å². The maximum absolute atomic E-state index is 11.3. The normalized spacial score (nSPS) is 10.9. The second-order valence-electron chi connectivity index (χ2n) is 3.74. The first-order valence-electron chi connectivity index (χ1n) is 4.97. The molecule has 0 aliphatic heterocycles. The fourth-order valence-corrected chi connectivity index (χ4v) is 1.14. The summed E-state index contributed by atoms with van der Waals surface area (Å²) < 4.78 is 6.42. The minimum Gasteiger partial charge on any atom is -0.379 e. The largest absolute Gasteiger partial charge is 0.379 e. The molecule has 0 spiro atoms. The summed E-state index contributed by atoms with van der Waals surface area (Å²) in [6.45, 7) is 5.40. The number of hydrogen-bond acceptors (Lipinski definition) is 3. The van der Waals surface area contributed by atoms with Crippen LogP contribution in [0, 0.1) is 5.92 Å². The zero-order valence-corrected chi connectivity index (χ0v) is 9.03. The first-order chi connectivity index (χ1) is 7.11. The summed E-state index contributed by atoms with van der Waals surface area (Å²) >= 11 is 0. The molecule has 0 aliphatic rings. The van der Waals surface area contributed by atoms with Crippen LogP contribution >= 0.6 is 0 Å². The average molecular weight is 212 g/mol. The standard InChI is InChI=1S/C10H16N2O3/c1-8(2)7-15-6-5-12-9(13)3-4-11-10(12)14/h3-4,8H,5-7H2,1-2H3,(H,11,14). The van der Waals surface area contributed by atoms with Crippen molar-refractivity contribution in [3.8, 4) is 0 Å². The van der Waals surface area contributed by atoms with Crippen molar-refractivity contribution in [2.24, 2.45) is 5.92 Å². The van der Waals surface area contributed by atoms with E-state index in [0.29, 0.717) is 25.7 Å². The van der Waals surface area contributed by atoms with Crippen molar-refractivity contribution in [1.29, 1.82) is 0 Å². The third kappa shape index (κ3) is 3.71. The number of aromatic amines is 1. The van der Waals surface area contributed by atoms with Crippen LogP contribution in [0.1, 0.15) is 13.8 Å². The molecule has 5 heteroatoms. The van der Waals surface area contributed by atoms with E-state index in [1.165, 1.54) is 12.3 Å². The van der Waals surface area contributed by atoms with Crippen molar-refractivity contribution in [1.82, 2.24) is 9.55 Å². The number of hydrogen-bond donors (Lipinski definition) is 1. The van der Waals surface area contributed by atoms with Crippen LogP contribution in [-0.2, 0) is 11.3 Å². The second kappa shape index (κ2) is 5.50. The molecule has 84 valence electrons. The van der Waals surface area contributed by atoms with Gasteiger partial charge in [-0.15, -0.1) is 0 Å². The molecule has 0 unspecified atom stereocenters. The van der Waals surface area contributed by atoms with Crippen LogP contribution in [0.3, 0.4) is 0 Å². The lowest BCUT2D eigenvalue weighted by Gasteiger charge is -2.07. The monoisotopic (exact) mass is 212 g/mol. The van der Waals surface area contributed by atoms with Crippen LogP contribution in [0.25, 0.3) is 0 Å². The Balaban J connectivity index is 2.51. The molecule has 15 heavy (non-hydrogen) atoms. The van der Waals surface area contributed by atoms with Gasteiger partial charge in [-0.25, -0.2) is 4.79 Å². The minimum absolute atomic E-state index is 0.293. The predicted octanol–water partition coefficient (Wildman–Crippen LogP) is 0.209. The summed E-state index contributed by atoms with van der Waals surface area (Å²) in [5.41, 5.74) is -0.692. The van der Waals surface area contributed by atoms with E-state index in [1.54, 1.807) is 0 Å². The topological polar surface area (TPSA) is 64.1 Å². The van der Waals surface area contributed by atoms with Gasteiger partial charge < -0.3 is 9.72 Å². The van der Waals surface area contributed by atoms with Crippen molar-refractivity contribution in [2.75, 3.05) is 13.2 Å². The van der Waals surface area contributed by atoms with E-state index < -0.39 is 5.69 Å². The zero-order chi connectivity index (χ0) is 11.3.